The van der Waals surface area contributed by atoms with Crippen LogP contribution < -0.4 is 4.74 Å². The number of aryl methyl sites for hydroxylation is 1. The van der Waals surface area contributed by atoms with Crippen molar-refractivity contribution >= 4 is 11.6 Å². The summed E-state index contributed by atoms with van der Waals surface area (Å²) in [5.74, 6) is 2.13. The number of imidazole rings is 1. The zero-order valence-electron chi connectivity index (χ0n) is 20.8. The van der Waals surface area contributed by atoms with Crippen molar-refractivity contribution in [3.8, 4) is 35.2 Å². The molecule has 0 atom stereocenters. The lowest BCUT2D eigenvalue weighted by atomic mass is 10.1. The molecule has 0 bridgehead atoms. The smallest absolute Gasteiger partial charge is 0.435 e. The number of aromatic nitrogens is 5. The molecular formula is C26H24F3N5O5. The second kappa shape index (κ2) is 12.0. The first kappa shape index (κ1) is 27.6. The number of ether oxygens (including phenoxy) is 3. The normalized spacial score (nSPS) is 11.5. The number of carbonyl (C=O) groups excluding carboxylic acids is 1. The number of rotatable bonds is 11. The maximum Gasteiger partial charge on any atom is 0.435 e. The molecule has 13 heteroatoms. The van der Waals surface area contributed by atoms with Crippen molar-refractivity contribution in [3.05, 3.63) is 59.8 Å². The first-order valence-corrected chi connectivity index (χ1v) is 11.8. The molecule has 4 aromatic rings. The van der Waals surface area contributed by atoms with Crippen molar-refractivity contribution in [3.63, 3.8) is 0 Å². The molecule has 0 spiro atoms. The van der Waals surface area contributed by atoms with E-state index in [0.717, 1.165) is 4.68 Å². The molecule has 0 saturated heterocycles. The highest BCUT2D eigenvalue weighted by molar-refractivity contribution is 5.91. The maximum atomic E-state index is 13.7. The number of fused-ring (bicyclic) bond motifs is 1. The Kier molecular flexibility index (Phi) is 8.48. The fourth-order valence-electron chi connectivity index (χ4n) is 3.83. The first-order chi connectivity index (χ1) is 18.8. The first-order valence-electron chi connectivity index (χ1n) is 11.8. The molecule has 0 aliphatic carbocycles. The van der Waals surface area contributed by atoms with Gasteiger partial charge in [-0.2, -0.15) is 18.3 Å². The number of nitrogens with zero attached hydrogens (tertiary/aromatic N) is 5. The summed E-state index contributed by atoms with van der Waals surface area (Å²) in [5.41, 5.74) is 0.0254. The molecule has 3 heterocycles. The lowest BCUT2D eigenvalue weighted by Crippen LogP contribution is -2.13. The zero-order chi connectivity index (χ0) is 28.0. The molecule has 1 N–H and O–H groups in total. The Morgan fingerprint density at radius 1 is 1.21 bits per heavy atom. The van der Waals surface area contributed by atoms with Gasteiger partial charge in [-0.3, -0.25) is 9.08 Å². The molecular weight excluding hydrogens is 519 g/mol. The highest BCUT2D eigenvalue weighted by atomic mass is 19.4. The number of carbonyl (C=O) groups is 1. The van der Waals surface area contributed by atoms with E-state index < -0.39 is 17.8 Å². The summed E-state index contributed by atoms with van der Waals surface area (Å²) >= 11 is 0. The Hall–Kier alpha value is -4.41. The summed E-state index contributed by atoms with van der Waals surface area (Å²) in [6.07, 6.45) is 6.36. The number of aliphatic hydroxyl groups excluding tert-OH is 1. The minimum absolute atomic E-state index is 0.0338. The summed E-state index contributed by atoms with van der Waals surface area (Å²) in [6.45, 7) is 1.96. The predicted molar refractivity (Wildman–Crippen MR) is 132 cm³/mol. The molecule has 10 nitrogen and oxygen atoms in total. The van der Waals surface area contributed by atoms with Crippen LogP contribution in [0.3, 0.4) is 0 Å². The number of terminal acetylenes is 1. The van der Waals surface area contributed by atoms with E-state index in [1.165, 1.54) is 29.2 Å². The summed E-state index contributed by atoms with van der Waals surface area (Å²) in [5, 5.41) is 12.3. The fourth-order valence-corrected chi connectivity index (χ4v) is 3.83. The van der Waals surface area contributed by atoms with Gasteiger partial charge in [-0.05, 0) is 30.2 Å². The van der Waals surface area contributed by atoms with Crippen LogP contribution in [0.4, 0.5) is 13.2 Å². The molecule has 0 aliphatic heterocycles. The largest absolute Gasteiger partial charge is 0.460 e. The topological polar surface area (TPSA) is 113 Å². The SMILES string of the molecule is C#CCn1cc(-c2cnc3c(Oc4ccc(C(=O)OCCOCCO)c(CC)c4)nccn23)c(C(F)(F)F)n1. The highest BCUT2D eigenvalue weighted by Crippen LogP contribution is 2.37. The van der Waals surface area contributed by atoms with Gasteiger partial charge in [-0.1, -0.05) is 12.8 Å². The van der Waals surface area contributed by atoms with Crippen LogP contribution in [-0.2, 0) is 28.6 Å². The van der Waals surface area contributed by atoms with Crippen molar-refractivity contribution in [2.45, 2.75) is 26.1 Å². The lowest BCUT2D eigenvalue weighted by molar-refractivity contribution is -0.141. The maximum absolute atomic E-state index is 13.7. The lowest BCUT2D eigenvalue weighted by Gasteiger charge is -2.12. The Balaban J connectivity index is 1.60. The molecule has 1 aromatic carbocycles. The van der Waals surface area contributed by atoms with Crippen molar-refractivity contribution in [1.82, 2.24) is 24.1 Å². The van der Waals surface area contributed by atoms with E-state index in [4.69, 9.17) is 25.7 Å². The second-order valence-corrected chi connectivity index (χ2v) is 8.11. The molecule has 4 rings (SSSR count). The molecule has 0 aliphatic rings. The van der Waals surface area contributed by atoms with Gasteiger partial charge in [-0.25, -0.2) is 14.8 Å². The van der Waals surface area contributed by atoms with E-state index in [-0.39, 0.29) is 55.8 Å². The van der Waals surface area contributed by atoms with Crippen LogP contribution >= 0.6 is 0 Å². The molecule has 0 unspecified atom stereocenters. The Labute approximate surface area is 221 Å². The van der Waals surface area contributed by atoms with Crippen LogP contribution in [0.1, 0.15) is 28.5 Å². The van der Waals surface area contributed by atoms with Crippen molar-refractivity contribution in [1.29, 1.82) is 0 Å². The summed E-state index contributed by atoms with van der Waals surface area (Å²) < 4.78 is 59.8. The van der Waals surface area contributed by atoms with E-state index in [1.807, 2.05) is 6.92 Å². The number of esters is 1. The third-order valence-electron chi connectivity index (χ3n) is 5.54. The number of hydrogen-bond acceptors (Lipinski definition) is 8. The minimum Gasteiger partial charge on any atom is -0.460 e. The van der Waals surface area contributed by atoms with Gasteiger partial charge in [0.1, 0.15) is 18.9 Å². The van der Waals surface area contributed by atoms with E-state index in [9.17, 15) is 18.0 Å². The molecule has 39 heavy (non-hydrogen) atoms. The molecule has 3 aromatic heterocycles. The number of halogens is 3. The van der Waals surface area contributed by atoms with Gasteiger partial charge in [0.25, 0.3) is 5.88 Å². The third kappa shape index (κ3) is 6.19. The number of alkyl halides is 3. The van der Waals surface area contributed by atoms with Crippen molar-refractivity contribution in [2.75, 3.05) is 26.4 Å². The average molecular weight is 544 g/mol. The second-order valence-electron chi connectivity index (χ2n) is 8.11. The summed E-state index contributed by atoms with van der Waals surface area (Å²) in [4.78, 5) is 20.9. The zero-order valence-corrected chi connectivity index (χ0v) is 20.8. The van der Waals surface area contributed by atoms with E-state index in [1.54, 1.807) is 18.2 Å². The number of hydrogen-bond donors (Lipinski definition) is 1. The van der Waals surface area contributed by atoms with Gasteiger partial charge >= 0.3 is 12.1 Å². The van der Waals surface area contributed by atoms with Crippen molar-refractivity contribution in [2.24, 2.45) is 0 Å². The van der Waals surface area contributed by atoms with E-state index >= 15 is 0 Å². The third-order valence-corrected chi connectivity index (χ3v) is 5.54. The standard InChI is InChI=1S/C26H24F3N5O5/c1-3-8-33-16-20(22(32-33)26(27,28)29)21-15-31-23-24(30-7-9-34(21)23)39-18-5-6-19(17(4-2)14-18)25(36)38-13-12-37-11-10-35/h1,5-7,9,14-16,35H,4,8,10-13H2,2H3. The average Bonchev–Trinajstić information content (AvgIpc) is 3.53. The van der Waals surface area contributed by atoms with Crippen LogP contribution in [0.2, 0.25) is 0 Å². The van der Waals surface area contributed by atoms with Crippen molar-refractivity contribution < 1.29 is 37.3 Å². The van der Waals surface area contributed by atoms with Crippen LogP contribution in [0.5, 0.6) is 11.6 Å². The van der Waals surface area contributed by atoms with Gasteiger partial charge in [0.2, 0.25) is 5.65 Å². The van der Waals surface area contributed by atoms with Crippen LogP contribution in [-0.4, -0.2) is 61.7 Å². The highest BCUT2D eigenvalue weighted by Gasteiger charge is 2.38. The molecule has 0 saturated carbocycles. The Morgan fingerprint density at radius 2 is 2.03 bits per heavy atom. The van der Waals surface area contributed by atoms with Gasteiger partial charge in [-0.15, -0.1) is 6.42 Å². The van der Waals surface area contributed by atoms with Gasteiger partial charge < -0.3 is 19.3 Å². The fraction of sp³-hybridized carbons (Fsp3) is 0.308. The molecule has 0 fully saturated rings. The van der Waals surface area contributed by atoms with Crippen LogP contribution in [0, 0.1) is 12.3 Å². The number of benzene rings is 1. The molecule has 0 amide bonds. The van der Waals surface area contributed by atoms with Gasteiger partial charge in [0, 0.05) is 18.6 Å². The predicted octanol–water partition coefficient (Wildman–Crippen LogP) is 3.77. The monoisotopic (exact) mass is 543 g/mol. The van der Waals surface area contributed by atoms with Gasteiger partial charge in [0.05, 0.1) is 42.8 Å². The summed E-state index contributed by atoms with van der Waals surface area (Å²) in [7, 11) is 0. The quantitative estimate of drug-likeness (QED) is 0.173. The molecule has 0 radical (unpaired) electrons. The minimum atomic E-state index is -4.71. The van der Waals surface area contributed by atoms with E-state index in [2.05, 4.69) is 21.0 Å². The Bertz CT molecular complexity index is 1510. The van der Waals surface area contributed by atoms with Crippen LogP contribution in [0.15, 0.2) is 43.0 Å². The number of aliphatic hydroxyl groups is 1. The van der Waals surface area contributed by atoms with E-state index in [0.29, 0.717) is 23.3 Å². The Morgan fingerprint density at radius 3 is 2.74 bits per heavy atom. The van der Waals surface area contributed by atoms with Gasteiger partial charge in [0.15, 0.2) is 5.69 Å². The molecule has 204 valence electrons. The summed E-state index contributed by atoms with van der Waals surface area (Å²) in [6, 6.07) is 4.76. The van der Waals surface area contributed by atoms with Crippen LogP contribution in [0.25, 0.3) is 16.9 Å².